The average molecular weight is 801 g/mol. The highest BCUT2D eigenvalue weighted by atomic mass is 16.4. The molecule has 2 aromatic carbocycles. The maximum absolute atomic E-state index is 13.5. The normalized spacial score (nSPS) is 14.5. The molecule has 0 unspecified atom stereocenters. The Labute approximate surface area is 328 Å². The lowest BCUT2D eigenvalue weighted by Gasteiger charge is -2.25. The van der Waals surface area contributed by atoms with Gasteiger partial charge >= 0.3 is 5.97 Å². The molecule has 57 heavy (non-hydrogen) atoms. The number of rotatable bonds is 22. The standard InChI is InChI=1S/C36H52N10O11/c1-18(29(50)42-20(3)31(52)44-26(35(56)57)5-4-14-40-36(38)39)41-30(51)19(2)43-34(55)28(17-47)46-33(54)27(16-22-8-12-24(49)13-9-22)45-32(53)25(37)15-21-6-10-23(48)11-7-21/h6-13,18-20,25-28,47-49H,4-5,14-17,37H2,1-3H3,(H,41,51)(H,42,50)(H,43,55)(H,44,52)(H,45,53)(H,46,54)(H,56,57)(H4,38,39,40)/t18-,19-,20-,25-,26-,27-,28-/m0/s1. The number of amides is 6. The van der Waals surface area contributed by atoms with Crippen LogP contribution in [0.2, 0.25) is 0 Å². The van der Waals surface area contributed by atoms with E-state index < -0.39 is 90.3 Å². The molecule has 7 atom stereocenters. The van der Waals surface area contributed by atoms with E-state index in [4.69, 9.17) is 17.2 Å². The Morgan fingerprint density at radius 1 is 0.596 bits per heavy atom. The summed E-state index contributed by atoms with van der Waals surface area (Å²) < 4.78 is 0. The van der Waals surface area contributed by atoms with E-state index in [9.17, 15) is 54.0 Å². The van der Waals surface area contributed by atoms with Crippen LogP contribution in [-0.4, -0.2) is 123 Å². The van der Waals surface area contributed by atoms with Gasteiger partial charge in [0.1, 0.15) is 47.8 Å². The number of carbonyl (C=O) groups excluding carboxylic acids is 6. The van der Waals surface area contributed by atoms with Gasteiger partial charge in [-0.15, -0.1) is 0 Å². The number of aromatic hydroxyl groups is 2. The summed E-state index contributed by atoms with van der Waals surface area (Å²) in [6, 6.07) is 2.72. The van der Waals surface area contributed by atoms with E-state index in [1.807, 2.05) is 0 Å². The van der Waals surface area contributed by atoms with Gasteiger partial charge in [-0.3, -0.25) is 33.8 Å². The van der Waals surface area contributed by atoms with Gasteiger partial charge in [0.25, 0.3) is 0 Å². The number of carbonyl (C=O) groups is 7. The Morgan fingerprint density at radius 2 is 1.00 bits per heavy atom. The van der Waals surface area contributed by atoms with Crippen molar-refractivity contribution in [3.8, 4) is 11.5 Å². The molecule has 0 fully saturated rings. The molecule has 21 heteroatoms. The van der Waals surface area contributed by atoms with E-state index in [0.29, 0.717) is 11.1 Å². The molecule has 16 N–H and O–H groups in total. The van der Waals surface area contributed by atoms with Gasteiger partial charge in [-0.05, 0) is 75.4 Å². The number of aliphatic hydroxyl groups is 1. The number of aliphatic imine (C=N–C) groups is 1. The van der Waals surface area contributed by atoms with Crippen LogP contribution in [0.4, 0.5) is 0 Å². The average Bonchev–Trinajstić information content (AvgIpc) is 3.15. The Kier molecular flexibility index (Phi) is 18.7. The molecule has 0 aliphatic rings. The molecule has 0 heterocycles. The fourth-order valence-electron chi connectivity index (χ4n) is 5.05. The number of phenols is 2. The summed E-state index contributed by atoms with van der Waals surface area (Å²) in [6.45, 7) is 3.10. The molecule has 312 valence electrons. The highest BCUT2D eigenvalue weighted by molar-refractivity contribution is 5.96. The Morgan fingerprint density at radius 3 is 1.46 bits per heavy atom. The molecular formula is C36H52N10O11. The number of nitrogens with two attached hydrogens (primary N) is 3. The number of hydrogen-bond donors (Lipinski definition) is 13. The number of aliphatic hydroxyl groups excluding tert-OH is 1. The smallest absolute Gasteiger partial charge is 0.326 e. The van der Waals surface area contributed by atoms with Gasteiger partial charge in [0.2, 0.25) is 35.4 Å². The fourth-order valence-corrected chi connectivity index (χ4v) is 5.05. The Hall–Kier alpha value is -6.48. The molecule has 0 aliphatic carbocycles. The van der Waals surface area contributed by atoms with E-state index in [-0.39, 0.29) is 49.7 Å². The zero-order valence-corrected chi connectivity index (χ0v) is 31.7. The minimum atomic E-state index is -1.60. The number of carboxylic acid groups (broad SMARTS) is 1. The van der Waals surface area contributed by atoms with Gasteiger partial charge in [-0.25, -0.2) is 4.79 Å². The number of guanidine groups is 1. The van der Waals surface area contributed by atoms with Gasteiger partial charge < -0.3 is 69.5 Å². The molecular weight excluding hydrogens is 748 g/mol. The first kappa shape index (κ1) is 46.7. The van der Waals surface area contributed by atoms with Crippen LogP contribution in [0.15, 0.2) is 53.5 Å². The van der Waals surface area contributed by atoms with Crippen LogP contribution in [-0.2, 0) is 46.4 Å². The zero-order valence-electron chi connectivity index (χ0n) is 31.7. The number of benzene rings is 2. The molecule has 0 radical (unpaired) electrons. The predicted molar refractivity (Wildman–Crippen MR) is 205 cm³/mol. The van der Waals surface area contributed by atoms with E-state index in [0.717, 1.165) is 0 Å². The second kappa shape index (κ2) is 22.8. The Bertz CT molecular complexity index is 1740. The van der Waals surface area contributed by atoms with E-state index in [2.05, 4.69) is 36.9 Å². The molecule has 0 saturated carbocycles. The molecule has 2 aromatic rings. The maximum atomic E-state index is 13.5. The second-order valence-electron chi connectivity index (χ2n) is 13.2. The first-order valence-electron chi connectivity index (χ1n) is 17.8. The van der Waals surface area contributed by atoms with E-state index in [1.54, 1.807) is 12.1 Å². The molecule has 0 bridgehead atoms. The van der Waals surface area contributed by atoms with Crippen LogP contribution < -0.4 is 49.1 Å². The van der Waals surface area contributed by atoms with Gasteiger partial charge in [0.05, 0.1) is 12.6 Å². The largest absolute Gasteiger partial charge is 0.508 e. The minimum absolute atomic E-state index is 0.00405. The summed E-state index contributed by atoms with van der Waals surface area (Å²) >= 11 is 0. The van der Waals surface area contributed by atoms with Crippen LogP contribution >= 0.6 is 0 Å². The molecule has 0 aromatic heterocycles. The van der Waals surface area contributed by atoms with Crippen molar-refractivity contribution in [3.05, 3.63) is 59.7 Å². The molecule has 6 amide bonds. The van der Waals surface area contributed by atoms with Crippen molar-refractivity contribution >= 4 is 47.4 Å². The summed E-state index contributed by atoms with van der Waals surface area (Å²) in [6.07, 6.45) is 0.207. The lowest BCUT2D eigenvalue weighted by molar-refractivity contribution is -0.142. The highest BCUT2D eigenvalue weighted by Crippen LogP contribution is 2.13. The van der Waals surface area contributed by atoms with Crippen molar-refractivity contribution in [1.29, 1.82) is 0 Å². The number of hydrogen-bond acceptors (Lipinski definition) is 12. The van der Waals surface area contributed by atoms with Gasteiger partial charge in [0, 0.05) is 13.0 Å². The first-order chi connectivity index (χ1) is 26.8. The van der Waals surface area contributed by atoms with Crippen molar-refractivity contribution < 1.29 is 54.0 Å². The summed E-state index contributed by atoms with van der Waals surface area (Å²) in [7, 11) is 0. The topological polar surface area (TPSA) is 363 Å². The van der Waals surface area contributed by atoms with Crippen molar-refractivity contribution in [2.45, 2.75) is 88.7 Å². The van der Waals surface area contributed by atoms with Crippen molar-refractivity contribution in [2.24, 2.45) is 22.2 Å². The Balaban J connectivity index is 2.00. The minimum Gasteiger partial charge on any atom is -0.508 e. The quantitative estimate of drug-likeness (QED) is 0.0310. The maximum Gasteiger partial charge on any atom is 0.326 e. The summed E-state index contributed by atoms with van der Waals surface area (Å²) in [5, 5.41) is 52.9. The van der Waals surface area contributed by atoms with Crippen LogP contribution in [0.25, 0.3) is 0 Å². The van der Waals surface area contributed by atoms with Crippen LogP contribution in [0.5, 0.6) is 11.5 Å². The predicted octanol–water partition coefficient (Wildman–Crippen LogP) is -3.69. The van der Waals surface area contributed by atoms with Crippen LogP contribution in [0.1, 0.15) is 44.7 Å². The van der Waals surface area contributed by atoms with Gasteiger partial charge in [-0.1, -0.05) is 24.3 Å². The molecule has 21 nitrogen and oxygen atoms in total. The number of nitrogens with one attached hydrogen (secondary N) is 6. The monoisotopic (exact) mass is 800 g/mol. The lowest BCUT2D eigenvalue weighted by Crippen LogP contribution is -2.59. The SMILES string of the molecule is C[C@H](NC(=O)[C@H](C)NC(=O)[C@H](CO)NC(=O)[C@H](Cc1ccc(O)cc1)NC(=O)[C@@H](N)Cc1ccc(O)cc1)C(=O)N[C@@H](C)C(=O)N[C@@H](CCCN=C(N)N)C(=O)O. The van der Waals surface area contributed by atoms with Crippen LogP contribution in [0, 0.1) is 0 Å². The molecule has 0 saturated heterocycles. The van der Waals surface area contributed by atoms with Gasteiger partial charge in [-0.2, -0.15) is 0 Å². The summed E-state index contributed by atoms with van der Waals surface area (Å²) in [5.41, 5.74) is 17.7. The van der Waals surface area contributed by atoms with Crippen LogP contribution in [0.3, 0.4) is 0 Å². The third-order valence-electron chi connectivity index (χ3n) is 8.37. The van der Waals surface area contributed by atoms with E-state index in [1.165, 1.54) is 57.2 Å². The lowest BCUT2D eigenvalue weighted by atomic mass is 10.0. The summed E-state index contributed by atoms with van der Waals surface area (Å²) in [5.74, 6) is -6.55. The summed E-state index contributed by atoms with van der Waals surface area (Å²) in [4.78, 5) is 93.2. The number of aliphatic carboxylic acids is 1. The van der Waals surface area contributed by atoms with Crippen molar-refractivity contribution in [1.82, 2.24) is 31.9 Å². The zero-order chi connectivity index (χ0) is 42.8. The third-order valence-corrected chi connectivity index (χ3v) is 8.37. The molecule has 2 rings (SSSR count). The number of nitrogens with zero attached hydrogens (tertiary/aromatic N) is 1. The first-order valence-corrected chi connectivity index (χ1v) is 17.8. The molecule has 0 aliphatic heterocycles. The van der Waals surface area contributed by atoms with Gasteiger partial charge in [0.15, 0.2) is 5.96 Å². The number of phenolic OH excluding ortho intramolecular Hbond substituents is 2. The molecule has 0 spiro atoms. The van der Waals surface area contributed by atoms with E-state index >= 15 is 0 Å². The fraction of sp³-hybridized carbons (Fsp3) is 0.444. The number of carboxylic acids is 1. The third kappa shape index (κ3) is 16.4. The second-order valence-corrected chi connectivity index (χ2v) is 13.2. The highest BCUT2D eigenvalue weighted by Gasteiger charge is 2.31. The van der Waals surface area contributed by atoms with Crippen molar-refractivity contribution in [2.75, 3.05) is 13.2 Å². The van der Waals surface area contributed by atoms with Crippen molar-refractivity contribution in [3.63, 3.8) is 0 Å².